The summed E-state index contributed by atoms with van der Waals surface area (Å²) in [6.07, 6.45) is 9.03. The SMILES string of the molecule is CCCc1cccc(C2CCCCC2)c1-c1ccc(O)cc1. The lowest BCUT2D eigenvalue weighted by Crippen LogP contribution is -2.07. The van der Waals surface area contributed by atoms with Crippen LogP contribution in [0.2, 0.25) is 0 Å². The van der Waals surface area contributed by atoms with E-state index in [4.69, 9.17) is 0 Å². The fourth-order valence-corrected chi connectivity index (χ4v) is 3.83. The Morgan fingerprint density at radius 2 is 1.68 bits per heavy atom. The number of phenols is 1. The van der Waals surface area contributed by atoms with Crippen molar-refractivity contribution < 1.29 is 5.11 Å². The maximum Gasteiger partial charge on any atom is 0.115 e. The van der Waals surface area contributed by atoms with E-state index >= 15 is 0 Å². The van der Waals surface area contributed by atoms with Gasteiger partial charge in [-0.3, -0.25) is 0 Å². The Morgan fingerprint density at radius 1 is 0.955 bits per heavy atom. The van der Waals surface area contributed by atoms with Crippen LogP contribution in [0.5, 0.6) is 5.75 Å². The summed E-state index contributed by atoms with van der Waals surface area (Å²) in [6.45, 7) is 2.24. The zero-order valence-corrected chi connectivity index (χ0v) is 13.5. The van der Waals surface area contributed by atoms with Gasteiger partial charge in [0, 0.05) is 0 Å². The normalized spacial score (nSPS) is 15.9. The highest BCUT2D eigenvalue weighted by Gasteiger charge is 2.20. The molecule has 1 nitrogen and oxygen atoms in total. The Balaban J connectivity index is 2.08. The molecule has 116 valence electrons. The molecule has 0 heterocycles. The number of hydrogen-bond acceptors (Lipinski definition) is 1. The highest BCUT2D eigenvalue weighted by atomic mass is 16.3. The molecule has 0 saturated heterocycles. The molecule has 1 saturated carbocycles. The molecule has 1 heteroatoms. The zero-order chi connectivity index (χ0) is 15.4. The van der Waals surface area contributed by atoms with Gasteiger partial charge in [0.1, 0.15) is 5.75 Å². The Morgan fingerprint density at radius 3 is 2.36 bits per heavy atom. The number of hydrogen-bond donors (Lipinski definition) is 1. The second kappa shape index (κ2) is 7.00. The first-order valence-corrected chi connectivity index (χ1v) is 8.70. The monoisotopic (exact) mass is 294 g/mol. The summed E-state index contributed by atoms with van der Waals surface area (Å²) in [6, 6.07) is 14.6. The Kier molecular flexibility index (Phi) is 4.82. The molecule has 0 amide bonds. The zero-order valence-electron chi connectivity index (χ0n) is 13.5. The standard InChI is InChI=1S/C21H26O/c1-2-7-17-10-6-11-20(16-8-4-3-5-9-16)21(17)18-12-14-19(22)15-13-18/h6,10-16,22H,2-5,7-9H2,1H3. The third-order valence-electron chi connectivity index (χ3n) is 4.90. The van der Waals surface area contributed by atoms with Gasteiger partial charge in [-0.15, -0.1) is 0 Å². The smallest absolute Gasteiger partial charge is 0.115 e. The molecule has 0 aromatic heterocycles. The lowest BCUT2D eigenvalue weighted by Gasteiger charge is -2.26. The number of aromatic hydroxyl groups is 1. The molecular formula is C21H26O. The molecule has 0 atom stereocenters. The van der Waals surface area contributed by atoms with E-state index in [0.29, 0.717) is 11.7 Å². The minimum atomic E-state index is 0.343. The predicted octanol–water partition coefficient (Wildman–Crippen LogP) is 6.06. The van der Waals surface area contributed by atoms with Crippen molar-refractivity contribution in [2.45, 2.75) is 57.8 Å². The molecule has 22 heavy (non-hydrogen) atoms. The second-order valence-corrected chi connectivity index (χ2v) is 6.51. The van der Waals surface area contributed by atoms with Crippen LogP contribution in [-0.2, 0) is 6.42 Å². The molecule has 1 aliphatic carbocycles. The molecule has 1 N–H and O–H groups in total. The van der Waals surface area contributed by atoms with Gasteiger partial charge in [-0.05, 0) is 59.6 Å². The molecule has 1 fully saturated rings. The number of benzene rings is 2. The molecular weight excluding hydrogens is 268 g/mol. The van der Waals surface area contributed by atoms with Gasteiger partial charge in [0.15, 0.2) is 0 Å². The summed E-state index contributed by atoms with van der Waals surface area (Å²) >= 11 is 0. The maximum atomic E-state index is 9.59. The first-order valence-electron chi connectivity index (χ1n) is 8.70. The Bertz CT molecular complexity index is 606. The van der Waals surface area contributed by atoms with Crippen molar-refractivity contribution in [3.63, 3.8) is 0 Å². The van der Waals surface area contributed by atoms with Gasteiger partial charge in [0.05, 0.1) is 0 Å². The van der Waals surface area contributed by atoms with E-state index in [1.54, 1.807) is 0 Å². The number of rotatable bonds is 4. The number of aryl methyl sites for hydroxylation is 1. The van der Waals surface area contributed by atoms with Crippen molar-refractivity contribution >= 4 is 0 Å². The van der Waals surface area contributed by atoms with Crippen LogP contribution in [0, 0.1) is 0 Å². The van der Waals surface area contributed by atoms with Crippen molar-refractivity contribution in [3.05, 3.63) is 53.6 Å². The van der Waals surface area contributed by atoms with Crippen molar-refractivity contribution in [1.82, 2.24) is 0 Å². The van der Waals surface area contributed by atoms with Crippen LogP contribution in [0.25, 0.3) is 11.1 Å². The highest BCUT2D eigenvalue weighted by Crippen LogP contribution is 2.40. The molecule has 1 aliphatic rings. The molecule has 0 aliphatic heterocycles. The van der Waals surface area contributed by atoms with Gasteiger partial charge in [0.25, 0.3) is 0 Å². The third kappa shape index (κ3) is 3.19. The Labute approximate surface area is 134 Å². The first-order chi connectivity index (χ1) is 10.8. The fraction of sp³-hybridized carbons (Fsp3) is 0.429. The average Bonchev–Trinajstić information content (AvgIpc) is 2.57. The summed E-state index contributed by atoms with van der Waals surface area (Å²) in [5, 5.41) is 9.59. The molecule has 0 bridgehead atoms. The topological polar surface area (TPSA) is 20.2 Å². The van der Waals surface area contributed by atoms with Gasteiger partial charge < -0.3 is 5.11 Å². The van der Waals surface area contributed by atoms with Crippen molar-refractivity contribution in [1.29, 1.82) is 0 Å². The highest BCUT2D eigenvalue weighted by molar-refractivity contribution is 5.72. The Hall–Kier alpha value is -1.76. The average molecular weight is 294 g/mol. The van der Waals surface area contributed by atoms with Gasteiger partial charge in [0.2, 0.25) is 0 Å². The maximum absolute atomic E-state index is 9.59. The second-order valence-electron chi connectivity index (χ2n) is 6.51. The molecule has 0 unspecified atom stereocenters. The molecule has 0 radical (unpaired) electrons. The summed E-state index contributed by atoms with van der Waals surface area (Å²) < 4.78 is 0. The largest absolute Gasteiger partial charge is 0.508 e. The first kappa shape index (κ1) is 15.1. The van der Waals surface area contributed by atoms with Crippen LogP contribution in [0.4, 0.5) is 0 Å². The van der Waals surface area contributed by atoms with Gasteiger partial charge in [-0.25, -0.2) is 0 Å². The summed E-state index contributed by atoms with van der Waals surface area (Å²) in [4.78, 5) is 0. The lowest BCUT2D eigenvalue weighted by atomic mass is 9.79. The quantitative estimate of drug-likeness (QED) is 0.726. The number of phenolic OH excluding ortho intramolecular Hbond substituents is 1. The van der Waals surface area contributed by atoms with E-state index in [1.165, 1.54) is 60.8 Å². The van der Waals surface area contributed by atoms with Crippen molar-refractivity contribution in [3.8, 4) is 16.9 Å². The molecule has 2 aromatic carbocycles. The van der Waals surface area contributed by atoms with Gasteiger partial charge >= 0.3 is 0 Å². The van der Waals surface area contributed by atoms with Gasteiger partial charge in [-0.2, -0.15) is 0 Å². The van der Waals surface area contributed by atoms with Crippen LogP contribution in [-0.4, -0.2) is 5.11 Å². The van der Waals surface area contributed by atoms with Crippen LogP contribution >= 0.6 is 0 Å². The lowest BCUT2D eigenvalue weighted by molar-refractivity contribution is 0.444. The minimum Gasteiger partial charge on any atom is -0.508 e. The van der Waals surface area contributed by atoms with Crippen LogP contribution in [0.1, 0.15) is 62.5 Å². The van der Waals surface area contributed by atoms with E-state index in [0.717, 1.165) is 6.42 Å². The van der Waals surface area contributed by atoms with E-state index in [9.17, 15) is 5.11 Å². The summed E-state index contributed by atoms with van der Waals surface area (Å²) in [7, 11) is 0. The fourth-order valence-electron chi connectivity index (χ4n) is 3.83. The van der Waals surface area contributed by atoms with Crippen LogP contribution in [0.15, 0.2) is 42.5 Å². The van der Waals surface area contributed by atoms with Crippen LogP contribution in [0.3, 0.4) is 0 Å². The predicted molar refractivity (Wildman–Crippen MR) is 93.4 cm³/mol. The van der Waals surface area contributed by atoms with E-state index < -0.39 is 0 Å². The third-order valence-corrected chi connectivity index (χ3v) is 4.90. The van der Waals surface area contributed by atoms with Crippen molar-refractivity contribution in [2.24, 2.45) is 0 Å². The van der Waals surface area contributed by atoms with Crippen LogP contribution < -0.4 is 0 Å². The van der Waals surface area contributed by atoms with E-state index in [2.05, 4.69) is 37.3 Å². The van der Waals surface area contributed by atoms with E-state index in [-0.39, 0.29) is 0 Å². The van der Waals surface area contributed by atoms with Crippen molar-refractivity contribution in [2.75, 3.05) is 0 Å². The molecule has 2 aromatic rings. The molecule has 0 spiro atoms. The minimum absolute atomic E-state index is 0.343. The molecule has 3 rings (SSSR count). The van der Waals surface area contributed by atoms with E-state index in [1.807, 2.05) is 12.1 Å². The van der Waals surface area contributed by atoms with Gasteiger partial charge in [-0.1, -0.05) is 62.9 Å². The summed E-state index contributed by atoms with van der Waals surface area (Å²) in [5.41, 5.74) is 5.66. The summed E-state index contributed by atoms with van der Waals surface area (Å²) in [5.74, 6) is 1.05.